The molecule has 3 fully saturated rings. The van der Waals surface area contributed by atoms with Gasteiger partial charge in [-0.15, -0.1) is 0 Å². The summed E-state index contributed by atoms with van der Waals surface area (Å²) in [5.41, 5.74) is 0. The van der Waals surface area contributed by atoms with Gasteiger partial charge in [-0.25, -0.2) is 0 Å². The van der Waals surface area contributed by atoms with Crippen LogP contribution in [0.25, 0.3) is 0 Å². The maximum absolute atomic E-state index is 5.71. The highest BCUT2D eigenvalue weighted by Gasteiger charge is 2.59. The van der Waals surface area contributed by atoms with Crippen LogP contribution in [0.1, 0.15) is 46.0 Å². The molecule has 3 aliphatic carbocycles. The van der Waals surface area contributed by atoms with Crippen LogP contribution >= 0.6 is 0 Å². The van der Waals surface area contributed by atoms with Gasteiger partial charge in [-0.3, -0.25) is 0 Å². The maximum atomic E-state index is 5.71. The molecule has 0 radical (unpaired) electrons. The Kier molecular flexibility index (Phi) is 2.78. The smallest absolute Gasteiger partial charge is 0.0605 e. The molecule has 7 unspecified atom stereocenters. The summed E-state index contributed by atoms with van der Waals surface area (Å²) >= 11 is 0. The quantitative estimate of drug-likeness (QED) is 0.707. The number of hydrogen-bond donors (Lipinski definition) is 0. The van der Waals surface area contributed by atoms with Gasteiger partial charge in [-0.1, -0.05) is 26.7 Å². The summed E-state index contributed by atoms with van der Waals surface area (Å²) < 4.78 is 5.71. The van der Waals surface area contributed by atoms with Crippen molar-refractivity contribution in [1.82, 2.24) is 0 Å². The van der Waals surface area contributed by atoms with Crippen molar-refractivity contribution in [2.75, 3.05) is 7.11 Å². The minimum atomic E-state index is 0.607. The molecule has 3 aliphatic rings. The minimum absolute atomic E-state index is 0.607. The van der Waals surface area contributed by atoms with Gasteiger partial charge in [0.1, 0.15) is 0 Å². The van der Waals surface area contributed by atoms with E-state index in [0.29, 0.717) is 6.10 Å². The molecule has 0 aromatic heterocycles. The molecule has 0 aromatic rings. The van der Waals surface area contributed by atoms with Gasteiger partial charge in [-0.05, 0) is 54.8 Å². The highest BCUT2D eigenvalue weighted by molar-refractivity contribution is 5.08. The molecule has 7 atom stereocenters. The summed E-state index contributed by atoms with van der Waals surface area (Å²) in [6, 6.07) is 0. The van der Waals surface area contributed by atoms with E-state index in [2.05, 4.69) is 13.8 Å². The molecule has 0 heterocycles. The molecule has 0 aliphatic heterocycles. The van der Waals surface area contributed by atoms with E-state index in [1.807, 2.05) is 7.11 Å². The fraction of sp³-hybridized carbons (Fsp3) is 1.00. The Morgan fingerprint density at radius 2 is 1.62 bits per heavy atom. The molecule has 3 rings (SSSR count). The Morgan fingerprint density at radius 3 is 2.25 bits per heavy atom. The molecule has 0 amide bonds. The zero-order chi connectivity index (χ0) is 11.3. The van der Waals surface area contributed by atoms with Gasteiger partial charge in [0, 0.05) is 7.11 Å². The van der Waals surface area contributed by atoms with Crippen molar-refractivity contribution in [3.63, 3.8) is 0 Å². The van der Waals surface area contributed by atoms with Gasteiger partial charge >= 0.3 is 0 Å². The van der Waals surface area contributed by atoms with Gasteiger partial charge in [0.15, 0.2) is 0 Å². The van der Waals surface area contributed by atoms with Crippen molar-refractivity contribution < 1.29 is 4.74 Å². The lowest BCUT2D eigenvalue weighted by Crippen LogP contribution is -2.33. The van der Waals surface area contributed by atoms with Crippen molar-refractivity contribution in [2.24, 2.45) is 35.5 Å². The number of ether oxygens (including phenoxy) is 1. The van der Waals surface area contributed by atoms with Crippen molar-refractivity contribution in [3.05, 3.63) is 0 Å². The molecule has 2 bridgehead atoms. The van der Waals surface area contributed by atoms with E-state index in [1.54, 1.807) is 0 Å². The van der Waals surface area contributed by atoms with Crippen LogP contribution in [0, 0.1) is 35.5 Å². The summed E-state index contributed by atoms with van der Waals surface area (Å²) in [6.07, 6.45) is 7.80. The average Bonchev–Trinajstić information content (AvgIpc) is 2.97. The monoisotopic (exact) mass is 222 g/mol. The van der Waals surface area contributed by atoms with Crippen molar-refractivity contribution in [3.8, 4) is 0 Å². The topological polar surface area (TPSA) is 9.23 Å². The Hall–Kier alpha value is -0.0400. The Labute approximate surface area is 99.9 Å². The summed E-state index contributed by atoms with van der Waals surface area (Å²) in [5, 5.41) is 0. The number of rotatable bonds is 3. The largest absolute Gasteiger partial charge is 0.381 e. The lowest BCUT2D eigenvalue weighted by molar-refractivity contribution is 0.00675. The van der Waals surface area contributed by atoms with Gasteiger partial charge in [0.05, 0.1) is 6.10 Å². The second-order valence-corrected chi connectivity index (χ2v) is 6.40. The first kappa shape index (κ1) is 11.1. The normalized spacial score (nSPS) is 54.6. The number of methoxy groups -OCH3 is 1. The van der Waals surface area contributed by atoms with Crippen LogP contribution in [0.15, 0.2) is 0 Å². The number of fused-ring (bicyclic) bond motifs is 5. The second kappa shape index (κ2) is 4.01. The summed E-state index contributed by atoms with van der Waals surface area (Å²) in [5.74, 6) is 6.10. The molecule has 92 valence electrons. The minimum Gasteiger partial charge on any atom is -0.381 e. The van der Waals surface area contributed by atoms with E-state index >= 15 is 0 Å². The third-order valence-electron chi connectivity index (χ3n) is 6.12. The predicted molar refractivity (Wildman–Crippen MR) is 66.2 cm³/mol. The van der Waals surface area contributed by atoms with Crippen LogP contribution in [-0.4, -0.2) is 13.2 Å². The lowest BCUT2D eigenvalue weighted by atomic mass is 9.74. The van der Waals surface area contributed by atoms with Crippen LogP contribution in [0.5, 0.6) is 0 Å². The van der Waals surface area contributed by atoms with Crippen LogP contribution in [0.2, 0.25) is 0 Å². The number of hydrogen-bond acceptors (Lipinski definition) is 1. The Morgan fingerprint density at radius 1 is 0.938 bits per heavy atom. The predicted octanol–water partition coefficient (Wildman–Crippen LogP) is 3.73. The van der Waals surface area contributed by atoms with E-state index in [-0.39, 0.29) is 0 Å². The third kappa shape index (κ3) is 1.33. The van der Waals surface area contributed by atoms with Gasteiger partial charge in [0.25, 0.3) is 0 Å². The molecule has 0 spiro atoms. The molecular formula is C15H26O. The van der Waals surface area contributed by atoms with E-state index in [9.17, 15) is 0 Å². The van der Waals surface area contributed by atoms with Crippen molar-refractivity contribution >= 4 is 0 Å². The average molecular weight is 222 g/mol. The van der Waals surface area contributed by atoms with E-state index in [4.69, 9.17) is 4.74 Å². The van der Waals surface area contributed by atoms with Gasteiger partial charge in [-0.2, -0.15) is 0 Å². The molecule has 0 aromatic carbocycles. The Balaban J connectivity index is 1.84. The van der Waals surface area contributed by atoms with Crippen molar-refractivity contribution in [1.29, 1.82) is 0 Å². The fourth-order valence-corrected chi connectivity index (χ4v) is 5.60. The van der Waals surface area contributed by atoms with Gasteiger partial charge in [0.2, 0.25) is 0 Å². The van der Waals surface area contributed by atoms with Crippen molar-refractivity contribution in [2.45, 2.75) is 52.1 Å². The standard InChI is InChI=1S/C15H26O/c1-4-9-6-10(5-2)15-12-7-11(14(9)15)8-13(12)16-3/h9-15H,4-8H2,1-3H3. The molecule has 0 saturated heterocycles. The summed E-state index contributed by atoms with van der Waals surface area (Å²) in [7, 11) is 1.92. The highest BCUT2D eigenvalue weighted by atomic mass is 16.5. The molecule has 0 N–H and O–H groups in total. The first-order chi connectivity index (χ1) is 7.80. The highest BCUT2D eigenvalue weighted by Crippen LogP contribution is 2.64. The molecular weight excluding hydrogens is 196 g/mol. The van der Waals surface area contributed by atoms with E-state index in [1.165, 1.54) is 32.1 Å². The zero-order valence-electron chi connectivity index (χ0n) is 11.0. The van der Waals surface area contributed by atoms with Crippen LogP contribution in [0.4, 0.5) is 0 Å². The third-order valence-corrected chi connectivity index (χ3v) is 6.12. The lowest BCUT2D eigenvalue weighted by Gasteiger charge is -2.35. The zero-order valence-corrected chi connectivity index (χ0v) is 11.0. The van der Waals surface area contributed by atoms with E-state index < -0.39 is 0 Å². The molecule has 1 heteroatoms. The first-order valence-electron chi connectivity index (χ1n) is 7.32. The summed E-state index contributed by atoms with van der Waals surface area (Å²) in [4.78, 5) is 0. The second-order valence-electron chi connectivity index (χ2n) is 6.40. The Bertz CT molecular complexity index is 262. The van der Waals surface area contributed by atoms with Crippen LogP contribution in [0.3, 0.4) is 0 Å². The molecule has 3 saturated carbocycles. The first-order valence-corrected chi connectivity index (χ1v) is 7.32. The van der Waals surface area contributed by atoms with Crippen LogP contribution < -0.4 is 0 Å². The fourth-order valence-electron chi connectivity index (χ4n) is 5.60. The molecule has 16 heavy (non-hydrogen) atoms. The summed E-state index contributed by atoms with van der Waals surface area (Å²) in [6.45, 7) is 4.80. The van der Waals surface area contributed by atoms with E-state index in [0.717, 1.165) is 35.5 Å². The SMILES string of the molecule is CCC1CC(CC)C2C3CC(CC3OC)C12. The maximum Gasteiger partial charge on any atom is 0.0605 e. The van der Waals surface area contributed by atoms with Crippen LogP contribution in [-0.2, 0) is 4.74 Å². The van der Waals surface area contributed by atoms with Gasteiger partial charge < -0.3 is 4.74 Å². The molecule has 1 nitrogen and oxygen atoms in total.